The summed E-state index contributed by atoms with van der Waals surface area (Å²) in [5.74, 6) is 15.1. The third-order valence-corrected chi connectivity index (χ3v) is 20.0. The number of fused-ring (bicyclic) bond motifs is 2. The molecule has 0 saturated heterocycles. The predicted molar refractivity (Wildman–Crippen MR) is 246 cm³/mol. The van der Waals surface area contributed by atoms with Crippen molar-refractivity contribution in [2.75, 3.05) is 9.80 Å². The fraction of sp³-hybridized carbons (Fsp3) is 0.120. The average molecular weight is 852 g/mol. The fourth-order valence-corrected chi connectivity index (χ4v) is 13.2. The van der Waals surface area contributed by atoms with E-state index in [1.165, 1.54) is 51.9 Å². The molecule has 0 radical (unpaired) electrons. The van der Waals surface area contributed by atoms with E-state index < -0.39 is 26.5 Å². The standard InChI is InChI=1S/C50H46Ge2N2O2/c1-51(2,3)33-13-17-35(18-14-33)53(37-21-25-39(55)26-22-37)47-31-29-43-42-10-8-12-46-48(32-30-44(50(42)46)41-9-7-11-45(47)49(41)43)54(38-23-27-40(56)28-24-38)36-19-15-34(16-20-36)52(4,5)6/h7-32,55-56H,1-6H3. The van der Waals surface area contributed by atoms with Crippen LogP contribution in [0.4, 0.5) is 34.1 Å². The van der Waals surface area contributed by atoms with Crippen LogP contribution in [0.25, 0.3) is 43.1 Å². The molecule has 0 saturated carbocycles. The maximum atomic E-state index is 10.3. The van der Waals surface area contributed by atoms with Crippen LogP contribution in [0, 0.1) is 0 Å². The molecular formula is C50H46Ge2N2O2. The Balaban J connectivity index is 1.28. The number of anilines is 6. The number of phenols is 2. The predicted octanol–water partition coefficient (Wildman–Crippen LogP) is 13.2. The fourth-order valence-electron chi connectivity index (χ4n) is 8.35. The van der Waals surface area contributed by atoms with Crippen molar-refractivity contribution in [3.8, 4) is 11.5 Å². The van der Waals surface area contributed by atoms with Crippen molar-refractivity contribution in [3.05, 3.63) is 158 Å². The number of aromatic hydroxyl groups is 2. The zero-order valence-corrected chi connectivity index (χ0v) is 37.0. The average Bonchev–Trinajstić information content (AvgIpc) is 3.19. The first-order valence-corrected chi connectivity index (χ1v) is 34.1. The first-order valence-electron chi connectivity index (χ1n) is 19.4. The normalized spacial score (nSPS) is 12.2. The summed E-state index contributed by atoms with van der Waals surface area (Å²) >= 11 is -4.06. The van der Waals surface area contributed by atoms with Gasteiger partial charge in [-0.2, -0.15) is 0 Å². The molecule has 56 heavy (non-hydrogen) atoms. The molecule has 9 aromatic carbocycles. The van der Waals surface area contributed by atoms with Gasteiger partial charge in [0.1, 0.15) is 0 Å². The molecule has 4 nitrogen and oxygen atoms in total. The molecule has 0 atom stereocenters. The quantitative estimate of drug-likeness (QED) is 0.0908. The molecule has 6 heteroatoms. The molecule has 0 spiro atoms. The molecule has 0 fully saturated rings. The molecule has 0 aliphatic rings. The first kappa shape index (κ1) is 36.2. The van der Waals surface area contributed by atoms with Gasteiger partial charge in [-0.05, 0) is 0 Å². The van der Waals surface area contributed by atoms with Crippen LogP contribution in [0.5, 0.6) is 11.5 Å². The molecule has 276 valence electrons. The number of hydrogen-bond acceptors (Lipinski definition) is 4. The van der Waals surface area contributed by atoms with Crippen LogP contribution < -0.4 is 18.6 Å². The number of hydrogen-bond donors (Lipinski definition) is 2. The van der Waals surface area contributed by atoms with Gasteiger partial charge < -0.3 is 0 Å². The van der Waals surface area contributed by atoms with E-state index in [2.05, 4.69) is 154 Å². The van der Waals surface area contributed by atoms with Gasteiger partial charge in [0.15, 0.2) is 0 Å². The van der Waals surface area contributed by atoms with E-state index in [-0.39, 0.29) is 11.5 Å². The third kappa shape index (κ3) is 6.25. The molecule has 9 aromatic rings. The van der Waals surface area contributed by atoms with Gasteiger partial charge >= 0.3 is 336 Å². The molecule has 0 heterocycles. The molecular weight excluding hydrogens is 806 g/mol. The van der Waals surface area contributed by atoms with Gasteiger partial charge in [-0.1, -0.05) is 0 Å². The van der Waals surface area contributed by atoms with Gasteiger partial charge in [-0.25, -0.2) is 0 Å². The summed E-state index contributed by atoms with van der Waals surface area (Å²) in [5, 5.41) is 30.2. The monoisotopic (exact) mass is 854 g/mol. The van der Waals surface area contributed by atoms with Gasteiger partial charge in [0, 0.05) is 0 Å². The van der Waals surface area contributed by atoms with Crippen LogP contribution in [-0.2, 0) is 0 Å². The van der Waals surface area contributed by atoms with Gasteiger partial charge in [0.2, 0.25) is 0 Å². The van der Waals surface area contributed by atoms with Crippen molar-refractivity contribution in [3.63, 3.8) is 0 Å². The summed E-state index contributed by atoms with van der Waals surface area (Å²) in [7, 11) is 0. The van der Waals surface area contributed by atoms with Crippen LogP contribution in [-0.4, -0.2) is 36.7 Å². The number of rotatable bonds is 8. The summed E-state index contributed by atoms with van der Waals surface area (Å²) in [5.41, 5.74) is 6.34. The number of benzene rings is 9. The zero-order valence-electron chi connectivity index (χ0n) is 32.8. The Hall–Kier alpha value is -5.43. The molecule has 9 rings (SSSR count). The Kier molecular flexibility index (Phi) is 8.82. The molecule has 2 N–H and O–H groups in total. The van der Waals surface area contributed by atoms with Crippen molar-refractivity contribution < 1.29 is 10.2 Å². The Morgan fingerprint density at radius 2 is 0.607 bits per heavy atom. The SMILES string of the molecule is [CH3][Ge]([CH3])([CH3])[c]1ccc(N(c2ccc(O)cc2)c2ccc3c4cccc5c(N(c6ccc(O)cc6)c6cc[c]([Ge]([CH3])([CH3])[CH3])cc6)ccc(c6cccc2c63)c54)cc1. The van der Waals surface area contributed by atoms with E-state index in [4.69, 9.17) is 0 Å². The zero-order chi connectivity index (χ0) is 38.9. The van der Waals surface area contributed by atoms with Gasteiger partial charge in [-0.15, -0.1) is 0 Å². The Morgan fingerprint density at radius 3 is 0.929 bits per heavy atom. The van der Waals surface area contributed by atoms with Crippen LogP contribution in [0.15, 0.2) is 158 Å². The summed E-state index contributed by atoms with van der Waals surface area (Å²) < 4.78 is 2.93. The first-order chi connectivity index (χ1) is 26.9. The number of nitrogens with zero attached hydrogens (tertiary/aromatic N) is 2. The van der Waals surface area contributed by atoms with Crippen molar-refractivity contribution >= 4 is 113 Å². The maximum absolute atomic E-state index is 10.3. The van der Waals surface area contributed by atoms with Crippen LogP contribution in [0.2, 0.25) is 34.5 Å². The van der Waals surface area contributed by atoms with Gasteiger partial charge in [-0.3, -0.25) is 0 Å². The van der Waals surface area contributed by atoms with E-state index in [0.29, 0.717) is 0 Å². The minimum absolute atomic E-state index is 0.249. The second-order valence-electron chi connectivity index (χ2n) is 17.0. The molecule has 0 unspecified atom stereocenters. The Morgan fingerprint density at radius 1 is 0.321 bits per heavy atom. The van der Waals surface area contributed by atoms with E-state index in [1.807, 2.05) is 24.3 Å². The van der Waals surface area contributed by atoms with Crippen molar-refractivity contribution in [1.29, 1.82) is 0 Å². The summed E-state index contributed by atoms with van der Waals surface area (Å²) in [6.45, 7) is 0. The van der Waals surface area contributed by atoms with Gasteiger partial charge in [0.25, 0.3) is 0 Å². The van der Waals surface area contributed by atoms with E-state index in [9.17, 15) is 10.2 Å². The molecule has 0 amide bonds. The summed E-state index contributed by atoms with van der Waals surface area (Å²) in [6.07, 6.45) is 0. The molecule has 0 aliphatic heterocycles. The van der Waals surface area contributed by atoms with E-state index in [1.54, 1.807) is 24.3 Å². The molecule has 0 aromatic heterocycles. The van der Waals surface area contributed by atoms with Crippen molar-refractivity contribution in [2.24, 2.45) is 0 Å². The van der Waals surface area contributed by atoms with E-state index in [0.717, 1.165) is 34.1 Å². The minimum atomic E-state index is -2.03. The summed E-state index contributed by atoms with van der Waals surface area (Å²) in [6, 6.07) is 55.9. The van der Waals surface area contributed by atoms with E-state index >= 15 is 0 Å². The summed E-state index contributed by atoms with van der Waals surface area (Å²) in [4.78, 5) is 4.65. The Labute approximate surface area is 334 Å². The van der Waals surface area contributed by atoms with Crippen LogP contribution in [0.3, 0.4) is 0 Å². The second-order valence-corrected chi connectivity index (χ2v) is 38.3. The van der Waals surface area contributed by atoms with Crippen LogP contribution in [0.1, 0.15) is 0 Å². The van der Waals surface area contributed by atoms with Crippen molar-refractivity contribution in [2.45, 2.75) is 34.5 Å². The number of phenolic OH excluding ortho intramolecular Hbond substituents is 2. The Bertz CT molecular complexity index is 2650. The van der Waals surface area contributed by atoms with Gasteiger partial charge in [0.05, 0.1) is 0 Å². The second kappa shape index (κ2) is 13.6. The molecule has 0 aliphatic carbocycles. The molecule has 0 bridgehead atoms. The topological polar surface area (TPSA) is 46.9 Å². The van der Waals surface area contributed by atoms with Crippen molar-refractivity contribution in [1.82, 2.24) is 0 Å². The van der Waals surface area contributed by atoms with Crippen LogP contribution >= 0.6 is 0 Å². The third-order valence-electron chi connectivity index (χ3n) is 11.3.